The molecule has 4 nitrogen and oxygen atoms in total. The van der Waals surface area contributed by atoms with Gasteiger partial charge in [-0.3, -0.25) is 4.39 Å². The van der Waals surface area contributed by atoms with Gasteiger partial charge in [0.1, 0.15) is 0 Å². The zero-order chi connectivity index (χ0) is 33.1. The van der Waals surface area contributed by atoms with Gasteiger partial charge in [0, 0.05) is 47.9 Å². The molecule has 0 bridgehead atoms. The van der Waals surface area contributed by atoms with E-state index in [-0.39, 0.29) is 16.9 Å². The third-order valence-electron chi connectivity index (χ3n) is 11.7. The molecule has 2 N–H and O–H groups in total. The van der Waals surface area contributed by atoms with Gasteiger partial charge >= 0.3 is 0 Å². The highest BCUT2D eigenvalue weighted by Gasteiger charge is 2.57. The third kappa shape index (κ3) is 7.30. The molecule has 1 heterocycles. The topological polar surface area (TPSA) is 50.7 Å². The van der Waals surface area contributed by atoms with Crippen LogP contribution >= 0.6 is 0 Å². The molecule has 5 aliphatic rings. The number of nitrogens with one attached hydrogen (secondary N) is 1. The molecule has 6 atom stereocenters. The normalized spacial score (nSPS) is 32.8. The average molecular weight is 634 g/mol. The monoisotopic (exact) mass is 633 g/mol. The number of fused-ring (bicyclic) bond motifs is 4. The second-order valence-corrected chi connectivity index (χ2v) is 16.0. The Morgan fingerprint density at radius 1 is 1.04 bits per heavy atom. The zero-order valence-electron chi connectivity index (χ0n) is 29.7. The maximum absolute atomic E-state index is 11.3. The van der Waals surface area contributed by atoms with Crippen LogP contribution in [-0.2, 0) is 9.47 Å². The van der Waals surface area contributed by atoms with Gasteiger partial charge in [-0.15, -0.1) is 0 Å². The van der Waals surface area contributed by atoms with Crippen molar-refractivity contribution in [3.05, 3.63) is 58.3 Å². The lowest BCUT2D eigenvalue weighted by Crippen LogP contribution is -2.52. The highest BCUT2D eigenvalue weighted by atomic mass is 19.1. The minimum absolute atomic E-state index is 0.00446. The first kappa shape index (κ1) is 35.2. The number of alkyl halides is 1. The summed E-state index contributed by atoms with van der Waals surface area (Å²) in [5.74, 6) is 8.58. The second kappa shape index (κ2) is 14.6. The summed E-state index contributed by atoms with van der Waals surface area (Å²) in [6.07, 6.45) is 13.7. The molecule has 1 spiro atoms. The van der Waals surface area contributed by atoms with Crippen LogP contribution in [-0.4, -0.2) is 43.4 Å². The van der Waals surface area contributed by atoms with Crippen molar-refractivity contribution in [2.75, 3.05) is 20.4 Å². The molecule has 1 aliphatic heterocycles. The number of ether oxygens (including phenoxy) is 2. The lowest BCUT2D eigenvalue weighted by molar-refractivity contribution is -0.312. The van der Waals surface area contributed by atoms with Gasteiger partial charge in [0.05, 0.1) is 26.5 Å². The Hall–Kier alpha value is -2.13. The van der Waals surface area contributed by atoms with Crippen LogP contribution in [0.1, 0.15) is 129 Å². The number of hydrogen-bond donors (Lipinski definition) is 2. The first-order valence-electron chi connectivity index (χ1n) is 18.1. The van der Waals surface area contributed by atoms with Crippen LogP contribution in [0.2, 0.25) is 0 Å². The van der Waals surface area contributed by atoms with E-state index in [1.54, 1.807) is 11.1 Å². The number of aliphatic hydroxyl groups excluding tert-OH is 1. The molecule has 1 aromatic rings. The van der Waals surface area contributed by atoms with Gasteiger partial charge in [-0.1, -0.05) is 68.9 Å². The molecule has 1 saturated heterocycles. The summed E-state index contributed by atoms with van der Waals surface area (Å²) in [7, 11) is 0.500. The molecule has 0 radical (unpaired) electrons. The third-order valence-corrected chi connectivity index (χ3v) is 11.7. The molecule has 1 aromatic carbocycles. The highest BCUT2D eigenvalue weighted by molar-refractivity contribution is 5.44. The Labute approximate surface area is 279 Å². The molecule has 3 saturated carbocycles. The van der Waals surface area contributed by atoms with Crippen LogP contribution in [0.5, 0.6) is 0 Å². The number of rotatable bonds is 6. The Balaban J connectivity index is 0.00000204. The van der Waals surface area contributed by atoms with Crippen molar-refractivity contribution in [2.45, 2.75) is 136 Å². The van der Waals surface area contributed by atoms with Crippen molar-refractivity contribution in [3.8, 4) is 11.8 Å². The van der Waals surface area contributed by atoms with Gasteiger partial charge in [-0.2, -0.15) is 0 Å². The number of halogens is 1. The zero-order valence-corrected chi connectivity index (χ0v) is 29.7. The molecule has 6 unspecified atom stereocenters. The van der Waals surface area contributed by atoms with Crippen molar-refractivity contribution >= 4 is 0 Å². The molecular formula is C41H60FNO3. The van der Waals surface area contributed by atoms with Gasteiger partial charge in [0.25, 0.3) is 0 Å². The molecule has 254 valence electrons. The summed E-state index contributed by atoms with van der Waals surface area (Å²) in [4.78, 5) is 0. The van der Waals surface area contributed by atoms with E-state index in [0.29, 0.717) is 36.9 Å². The van der Waals surface area contributed by atoms with E-state index in [9.17, 15) is 9.50 Å². The van der Waals surface area contributed by atoms with Crippen molar-refractivity contribution in [1.29, 1.82) is 0 Å². The van der Waals surface area contributed by atoms with Crippen LogP contribution in [0.4, 0.5) is 4.39 Å². The quantitative estimate of drug-likeness (QED) is 0.242. The maximum atomic E-state index is 11.3. The fourth-order valence-electron chi connectivity index (χ4n) is 9.51. The summed E-state index contributed by atoms with van der Waals surface area (Å²) < 4.78 is 22.5. The summed E-state index contributed by atoms with van der Waals surface area (Å²) >= 11 is 0. The van der Waals surface area contributed by atoms with Gasteiger partial charge in [0.2, 0.25) is 0 Å². The summed E-state index contributed by atoms with van der Waals surface area (Å²) in [5, 5.41) is 14.9. The van der Waals surface area contributed by atoms with E-state index >= 15 is 0 Å². The van der Waals surface area contributed by atoms with Crippen LogP contribution in [0, 0.1) is 40.4 Å². The van der Waals surface area contributed by atoms with E-state index in [4.69, 9.17) is 9.47 Å². The van der Waals surface area contributed by atoms with Crippen molar-refractivity contribution in [3.63, 3.8) is 0 Å². The Kier molecular flexibility index (Phi) is 11.1. The van der Waals surface area contributed by atoms with E-state index in [1.165, 1.54) is 24.1 Å². The lowest BCUT2D eigenvalue weighted by Gasteiger charge is -2.55. The van der Waals surface area contributed by atoms with Gasteiger partial charge < -0.3 is 19.9 Å². The van der Waals surface area contributed by atoms with Crippen LogP contribution in [0.3, 0.4) is 0 Å². The summed E-state index contributed by atoms with van der Waals surface area (Å²) in [6.45, 7) is 15.0. The fourth-order valence-corrected chi connectivity index (χ4v) is 9.51. The number of allylic oxidation sites excluding steroid dienone is 4. The largest absolute Gasteiger partial charge is 0.393 e. The van der Waals surface area contributed by atoms with Gasteiger partial charge in [0.15, 0.2) is 5.79 Å². The van der Waals surface area contributed by atoms with Crippen molar-refractivity contribution < 1.29 is 19.0 Å². The fraction of sp³-hybridized carbons (Fsp3) is 0.707. The predicted octanol–water partition coefficient (Wildman–Crippen LogP) is 9.24. The number of benzene rings is 1. The lowest BCUT2D eigenvalue weighted by atomic mass is 9.52. The number of hydrogen-bond acceptors (Lipinski definition) is 4. The first-order chi connectivity index (χ1) is 22.0. The Morgan fingerprint density at radius 2 is 1.76 bits per heavy atom. The number of aliphatic hydroxyl groups is 1. The van der Waals surface area contributed by atoms with E-state index in [1.807, 2.05) is 0 Å². The highest BCUT2D eigenvalue weighted by Crippen LogP contribution is 2.65. The standard InChI is InChI=1S/C40H57NO3.CH3F/c1-7-10-31(41-27(2)3)12-9-8-11-28-13-15-29(16-14-28)34-24-39(6)35(19-20-36(39)42)33-18-17-30-23-40(22-21-32(30)37(33)34)43-25-38(4,5)26-44-40;1-2/h10,13-16,27,30,33-36,41-42H,7,9,12,17-26H2,1-6H3;1H3/b31-10-;. The van der Waals surface area contributed by atoms with Crippen LogP contribution < -0.4 is 5.32 Å². The molecule has 6 rings (SSSR count). The maximum Gasteiger partial charge on any atom is 0.169 e. The molecule has 46 heavy (non-hydrogen) atoms. The summed E-state index contributed by atoms with van der Waals surface area (Å²) in [6, 6.07) is 9.60. The van der Waals surface area contributed by atoms with E-state index in [2.05, 4.69) is 89.0 Å². The van der Waals surface area contributed by atoms with E-state index in [0.717, 1.165) is 76.6 Å². The molecule has 0 aromatic heterocycles. The predicted molar refractivity (Wildman–Crippen MR) is 186 cm³/mol. The molecule has 4 aliphatic carbocycles. The van der Waals surface area contributed by atoms with E-state index < -0.39 is 5.79 Å². The minimum atomic E-state index is -0.391. The second-order valence-electron chi connectivity index (χ2n) is 16.0. The average Bonchev–Trinajstić information content (AvgIpc) is 3.35. The van der Waals surface area contributed by atoms with Crippen molar-refractivity contribution in [1.82, 2.24) is 5.32 Å². The van der Waals surface area contributed by atoms with Gasteiger partial charge in [-0.05, 0) is 106 Å². The smallest absolute Gasteiger partial charge is 0.169 e. The Bertz CT molecular complexity index is 1310. The minimum Gasteiger partial charge on any atom is -0.393 e. The SMILES string of the molecule is CC/C=C(/CCC#Cc1ccc(C2CC3(C)C(O)CCC3C3CCC4CC5(CCC4=C23)OCC(C)(C)CO5)cc1)NC(C)C.CF. The molecule has 5 heteroatoms. The van der Waals surface area contributed by atoms with Crippen LogP contribution in [0.15, 0.2) is 47.2 Å². The Morgan fingerprint density at radius 3 is 2.43 bits per heavy atom. The van der Waals surface area contributed by atoms with Crippen molar-refractivity contribution in [2.24, 2.45) is 28.6 Å². The van der Waals surface area contributed by atoms with Crippen LogP contribution in [0.25, 0.3) is 0 Å². The molecular weight excluding hydrogens is 573 g/mol. The van der Waals surface area contributed by atoms with Gasteiger partial charge in [-0.25, -0.2) is 0 Å². The molecule has 0 amide bonds. The molecule has 4 fully saturated rings. The first-order valence-corrected chi connectivity index (χ1v) is 18.1. The summed E-state index contributed by atoms with van der Waals surface area (Å²) in [5.41, 5.74) is 7.35.